The van der Waals surface area contributed by atoms with Gasteiger partial charge in [-0.3, -0.25) is 9.59 Å². The summed E-state index contributed by atoms with van der Waals surface area (Å²) >= 11 is 0. The molecule has 5 heteroatoms. The van der Waals surface area contributed by atoms with Gasteiger partial charge in [0.15, 0.2) is 0 Å². The van der Waals surface area contributed by atoms with Crippen LogP contribution in [-0.4, -0.2) is 36.3 Å². The van der Waals surface area contributed by atoms with E-state index in [1.807, 2.05) is 23.1 Å². The van der Waals surface area contributed by atoms with E-state index in [1.165, 1.54) is 17.7 Å². The summed E-state index contributed by atoms with van der Waals surface area (Å²) in [5.41, 5.74) is 2.44. The fourth-order valence-electron chi connectivity index (χ4n) is 4.29. The number of para-hydroxylation sites is 1. The first-order chi connectivity index (χ1) is 13.6. The number of carbonyl (C=O) groups excluding carboxylic acids is 2. The third-order valence-corrected chi connectivity index (χ3v) is 5.96. The number of anilines is 1. The van der Waals surface area contributed by atoms with Gasteiger partial charge in [0.1, 0.15) is 5.82 Å². The largest absolute Gasteiger partial charge is 0.339 e. The van der Waals surface area contributed by atoms with E-state index in [1.54, 1.807) is 17.0 Å². The molecule has 0 bridgehead atoms. The SMILES string of the molecule is O=C(c1ccccc1F)N1CCC(CCC(=O)N2CCc3ccccc32)CC1. The zero-order valence-corrected chi connectivity index (χ0v) is 15.9. The van der Waals surface area contributed by atoms with Gasteiger partial charge in [-0.2, -0.15) is 0 Å². The second-order valence-corrected chi connectivity index (χ2v) is 7.68. The zero-order chi connectivity index (χ0) is 19.5. The molecule has 4 nitrogen and oxygen atoms in total. The molecule has 0 unspecified atom stereocenters. The van der Waals surface area contributed by atoms with Crippen LogP contribution < -0.4 is 4.90 Å². The molecule has 2 aromatic carbocycles. The number of nitrogens with zero attached hydrogens (tertiary/aromatic N) is 2. The second-order valence-electron chi connectivity index (χ2n) is 7.68. The van der Waals surface area contributed by atoms with Gasteiger partial charge in [0.2, 0.25) is 5.91 Å². The van der Waals surface area contributed by atoms with Gasteiger partial charge >= 0.3 is 0 Å². The summed E-state index contributed by atoms with van der Waals surface area (Å²) in [6.45, 7) is 2.02. The number of carbonyl (C=O) groups is 2. The van der Waals surface area contributed by atoms with Crippen molar-refractivity contribution in [2.24, 2.45) is 5.92 Å². The molecular formula is C23H25FN2O2. The average Bonchev–Trinajstić information content (AvgIpc) is 3.16. The molecule has 2 amide bonds. The monoisotopic (exact) mass is 380 g/mol. The molecule has 146 valence electrons. The Kier molecular flexibility index (Phi) is 5.42. The quantitative estimate of drug-likeness (QED) is 0.803. The molecule has 2 heterocycles. The van der Waals surface area contributed by atoms with Crippen molar-refractivity contribution < 1.29 is 14.0 Å². The number of benzene rings is 2. The van der Waals surface area contributed by atoms with E-state index in [9.17, 15) is 14.0 Å². The molecule has 1 saturated heterocycles. The normalized spacial score (nSPS) is 16.9. The number of rotatable bonds is 4. The molecule has 2 aromatic rings. The van der Waals surface area contributed by atoms with Gasteiger partial charge in [-0.1, -0.05) is 30.3 Å². The maximum Gasteiger partial charge on any atom is 0.256 e. The number of hydrogen-bond acceptors (Lipinski definition) is 2. The van der Waals surface area contributed by atoms with Crippen molar-refractivity contribution in [3.05, 3.63) is 65.5 Å². The summed E-state index contributed by atoms with van der Waals surface area (Å²) in [5.74, 6) is -0.0753. The van der Waals surface area contributed by atoms with Crippen LogP contribution in [0.4, 0.5) is 10.1 Å². The van der Waals surface area contributed by atoms with E-state index in [2.05, 4.69) is 6.07 Å². The van der Waals surface area contributed by atoms with Crippen molar-refractivity contribution >= 4 is 17.5 Å². The highest BCUT2D eigenvalue weighted by molar-refractivity contribution is 5.95. The Labute approximate surface area is 164 Å². The number of hydrogen-bond donors (Lipinski definition) is 0. The summed E-state index contributed by atoms with van der Waals surface area (Å²) in [5, 5.41) is 0. The van der Waals surface area contributed by atoms with Crippen molar-refractivity contribution in [2.45, 2.75) is 32.1 Å². The van der Waals surface area contributed by atoms with Crippen LogP contribution in [0.2, 0.25) is 0 Å². The summed E-state index contributed by atoms with van der Waals surface area (Å²) in [6.07, 6.45) is 4.05. The Morgan fingerprint density at radius 2 is 1.68 bits per heavy atom. The predicted octanol–water partition coefficient (Wildman–Crippen LogP) is 4.05. The molecular weight excluding hydrogens is 355 g/mol. The summed E-state index contributed by atoms with van der Waals surface area (Å²) in [6, 6.07) is 14.2. The Hall–Kier alpha value is -2.69. The minimum Gasteiger partial charge on any atom is -0.339 e. The molecule has 0 aromatic heterocycles. The number of halogens is 1. The lowest BCUT2D eigenvalue weighted by Crippen LogP contribution is -2.39. The lowest BCUT2D eigenvalue weighted by molar-refractivity contribution is -0.118. The predicted molar refractivity (Wildman–Crippen MR) is 107 cm³/mol. The van der Waals surface area contributed by atoms with Gasteiger partial charge in [0.25, 0.3) is 5.91 Å². The maximum atomic E-state index is 13.8. The third-order valence-electron chi connectivity index (χ3n) is 5.96. The molecule has 0 aliphatic carbocycles. The molecule has 28 heavy (non-hydrogen) atoms. The minimum absolute atomic E-state index is 0.142. The molecule has 0 radical (unpaired) electrons. The highest BCUT2D eigenvalue weighted by Crippen LogP contribution is 2.29. The fraction of sp³-hybridized carbons (Fsp3) is 0.391. The van der Waals surface area contributed by atoms with Gasteiger partial charge in [0, 0.05) is 31.7 Å². The number of likely N-dealkylation sites (tertiary alicyclic amines) is 1. The molecule has 0 N–H and O–H groups in total. The number of fused-ring (bicyclic) bond motifs is 1. The molecule has 1 fully saturated rings. The second kappa shape index (κ2) is 8.13. The van der Waals surface area contributed by atoms with E-state index in [4.69, 9.17) is 0 Å². The van der Waals surface area contributed by atoms with Gasteiger partial charge in [-0.15, -0.1) is 0 Å². The Morgan fingerprint density at radius 3 is 2.46 bits per heavy atom. The molecule has 0 saturated carbocycles. The van der Waals surface area contributed by atoms with Gasteiger partial charge in [-0.05, 0) is 55.4 Å². The number of amides is 2. The lowest BCUT2D eigenvalue weighted by atomic mass is 9.91. The topological polar surface area (TPSA) is 40.6 Å². The van der Waals surface area contributed by atoms with Crippen molar-refractivity contribution in [1.82, 2.24) is 4.90 Å². The standard InChI is InChI=1S/C23H25FN2O2/c24-20-7-3-2-6-19(20)23(28)25-14-11-17(12-15-25)9-10-22(27)26-16-13-18-5-1-4-8-21(18)26/h1-8,17H,9-16H2. The highest BCUT2D eigenvalue weighted by Gasteiger charge is 2.27. The van der Waals surface area contributed by atoms with E-state index in [0.29, 0.717) is 25.4 Å². The summed E-state index contributed by atoms with van der Waals surface area (Å²) in [4.78, 5) is 28.8. The third kappa shape index (κ3) is 3.79. The van der Waals surface area contributed by atoms with E-state index < -0.39 is 5.82 Å². The van der Waals surface area contributed by atoms with Crippen molar-refractivity contribution in [3.63, 3.8) is 0 Å². The molecule has 0 spiro atoms. The maximum absolute atomic E-state index is 13.8. The van der Waals surface area contributed by atoms with Crippen LogP contribution in [0, 0.1) is 11.7 Å². The van der Waals surface area contributed by atoms with Gasteiger partial charge < -0.3 is 9.80 Å². The van der Waals surface area contributed by atoms with Crippen LogP contribution in [0.5, 0.6) is 0 Å². The molecule has 0 atom stereocenters. The first kappa shape index (κ1) is 18.7. The zero-order valence-electron chi connectivity index (χ0n) is 15.9. The average molecular weight is 380 g/mol. The Bertz CT molecular complexity index is 874. The molecule has 4 rings (SSSR count). The first-order valence-electron chi connectivity index (χ1n) is 10.1. The smallest absolute Gasteiger partial charge is 0.256 e. The fourth-order valence-corrected chi connectivity index (χ4v) is 4.29. The van der Waals surface area contributed by atoms with Crippen LogP contribution in [0.3, 0.4) is 0 Å². The Balaban J connectivity index is 1.27. The van der Waals surface area contributed by atoms with Gasteiger partial charge in [-0.25, -0.2) is 4.39 Å². The van der Waals surface area contributed by atoms with Crippen LogP contribution in [0.15, 0.2) is 48.5 Å². The summed E-state index contributed by atoms with van der Waals surface area (Å²) < 4.78 is 13.8. The van der Waals surface area contributed by atoms with Crippen molar-refractivity contribution in [1.29, 1.82) is 0 Å². The van der Waals surface area contributed by atoms with Crippen molar-refractivity contribution in [3.8, 4) is 0 Å². The van der Waals surface area contributed by atoms with E-state index >= 15 is 0 Å². The Morgan fingerprint density at radius 1 is 0.964 bits per heavy atom. The van der Waals surface area contributed by atoms with E-state index in [0.717, 1.165) is 37.9 Å². The minimum atomic E-state index is -0.467. The van der Waals surface area contributed by atoms with E-state index in [-0.39, 0.29) is 17.4 Å². The molecule has 2 aliphatic heterocycles. The van der Waals surface area contributed by atoms with Crippen molar-refractivity contribution in [2.75, 3.05) is 24.5 Å². The van der Waals surface area contributed by atoms with Crippen LogP contribution in [0.25, 0.3) is 0 Å². The highest BCUT2D eigenvalue weighted by atomic mass is 19.1. The number of piperidine rings is 1. The van der Waals surface area contributed by atoms with Crippen LogP contribution in [-0.2, 0) is 11.2 Å². The van der Waals surface area contributed by atoms with Crippen LogP contribution >= 0.6 is 0 Å². The summed E-state index contributed by atoms with van der Waals surface area (Å²) in [7, 11) is 0. The van der Waals surface area contributed by atoms with Crippen LogP contribution in [0.1, 0.15) is 41.6 Å². The molecule has 2 aliphatic rings. The van der Waals surface area contributed by atoms with Gasteiger partial charge in [0.05, 0.1) is 5.56 Å². The lowest BCUT2D eigenvalue weighted by Gasteiger charge is -2.32. The first-order valence-corrected chi connectivity index (χ1v) is 10.1.